The van der Waals surface area contributed by atoms with Crippen molar-refractivity contribution in [3.05, 3.63) is 40.3 Å². The van der Waals surface area contributed by atoms with E-state index in [4.69, 9.17) is 10.2 Å². The summed E-state index contributed by atoms with van der Waals surface area (Å²) >= 11 is 1.08. The van der Waals surface area contributed by atoms with Crippen molar-refractivity contribution in [2.45, 2.75) is 0 Å². The van der Waals surface area contributed by atoms with Crippen LogP contribution in [0.4, 0.5) is 4.39 Å². The van der Waals surface area contributed by atoms with E-state index in [0.717, 1.165) is 11.3 Å². The Labute approximate surface area is 94.4 Å². The molecule has 2 N–H and O–H groups in total. The molecule has 2 rings (SSSR count). The molecular formula is C11H7FO3S. The quantitative estimate of drug-likeness (QED) is 0.845. The van der Waals surface area contributed by atoms with Gasteiger partial charge in [0.15, 0.2) is 11.6 Å². The predicted molar refractivity (Wildman–Crippen MR) is 58.3 cm³/mol. The van der Waals surface area contributed by atoms with E-state index >= 15 is 0 Å². The van der Waals surface area contributed by atoms with Crippen molar-refractivity contribution in [1.82, 2.24) is 0 Å². The summed E-state index contributed by atoms with van der Waals surface area (Å²) in [7, 11) is 0. The van der Waals surface area contributed by atoms with Crippen LogP contribution >= 0.6 is 11.3 Å². The highest BCUT2D eigenvalue weighted by Crippen LogP contribution is 2.28. The minimum absolute atomic E-state index is 0.198. The molecule has 0 aliphatic heterocycles. The topological polar surface area (TPSA) is 57.5 Å². The van der Waals surface area contributed by atoms with Crippen LogP contribution < -0.4 is 0 Å². The molecule has 0 spiro atoms. The molecule has 16 heavy (non-hydrogen) atoms. The van der Waals surface area contributed by atoms with Crippen LogP contribution in [-0.2, 0) is 0 Å². The maximum Gasteiger partial charge on any atom is 0.345 e. The summed E-state index contributed by atoms with van der Waals surface area (Å²) in [6, 6.07) is 5.41. The number of aromatic carboxylic acids is 1. The summed E-state index contributed by atoms with van der Waals surface area (Å²) in [5.41, 5.74) is 1.17. The van der Waals surface area contributed by atoms with Crippen molar-refractivity contribution in [2.75, 3.05) is 0 Å². The summed E-state index contributed by atoms with van der Waals surface area (Å²) in [6.45, 7) is 0. The Bertz CT molecular complexity index is 548. The Hall–Kier alpha value is -1.88. The molecule has 0 fully saturated rings. The fraction of sp³-hybridized carbons (Fsp3) is 0. The molecule has 1 heterocycles. The second kappa shape index (κ2) is 3.94. The van der Waals surface area contributed by atoms with Gasteiger partial charge in [0.25, 0.3) is 0 Å². The number of carbonyl (C=O) groups is 1. The van der Waals surface area contributed by atoms with E-state index in [1.807, 2.05) is 0 Å². The Morgan fingerprint density at radius 3 is 2.56 bits per heavy atom. The van der Waals surface area contributed by atoms with Gasteiger partial charge in [0.05, 0.1) is 0 Å². The van der Waals surface area contributed by atoms with Gasteiger partial charge in [0.2, 0.25) is 0 Å². The Balaban J connectivity index is 2.42. The van der Waals surface area contributed by atoms with Gasteiger partial charge in [-0.1, -0.05) is 6.07 Å². The largest absolute Gasteiger partial charge is 0.505 e. The number of hydrogen-bond donors (Lipinski definition) is 2. The molecule has 82 valence electrons. The van der Waals surface area contributed by atoms with Gasteiger partial charge in [0.1, 0.15) is 4.88 Å². The molecule has 0 radical (unpaired) electrons. The number of hydrogen-bond acceptors (Lipinski definition) is 3. The number of halogens is 1. The summed E-state index contributed by atoms with van der Waals surface area (Å²) in [5.74, 6) is -2.14. The fourth-order valence-corrected chi connectivity index (χ4v) is 2.04. The number of aromatic hydroxyl groups is 1. The van der Waals surface area contributed by atoms with Gasteiger partial charge in [0, 0.05) is 0 Å². The van der Waals surface area contributed by atoms with E-state index in [2.05, 4.69) is 0 Å². The first-order valence-electron chi connectivity index (χ1n) is 4.38. The molecule has 0 saturated heterocycles. The zero-order valence-corrected chi connectivity index (χ0v) is 8.79. The van der Waals surface area contributed by atoms with Crippen molar-refractivity contribution in [3.63, 3.8) is 0 Å². The molecular weight excluding hydrogens is 231 g/mol. The summed E-state index contributed by atoms with van der Waals surface area (Å²) < 4.78 is 13.1. The summed E-state index contributed by atoms with van der Waals surface area (Å²) in [5, 5.41) is 19.4. The van der Waals surface area contributed by atoms with Gasteiger partial charge in [-0.3, -0.25) is 0 Å². The first-order valence-corrected chi connectivity index (χ1v) is 5.26. The first-order chi connectivity index (χ1) is 7.58. The first kappa shape index (κ1) is 10.6. The van der Waals surface area contributed by atoms with Crippen molar-refractivity contribution in [3.8, 4) is 16.9 Å². The third kappa shape index (κ3) is 1.90. The number of benzene rings is 1. The number of carboxylic acid groups (broad SMARTS) is 1. The molecule has 1 aromatic carbocycles. The summed E-state index contributed by atoms with van der Waals surface area (Å²) in [6.07, 6.45) is 0. The van der Waals surface area contributed by atoms with E-state index in [1.165, 1.54) is 24.3 Å². The molecule has 0 atom stereocenters. The lowest BCUT2D eigenvalue weighted by Crippen LogP contribution is -1.90. The van der Waals surface area contributed by atoms with Crippen LogP contribution in [0.2, 0.25) is 0 Å². The smallest absolute Gasteiger partial charge is 0.345 e. The third-order valence-corrected chi connectivity index (χ3v) is 3.01. The van der Waals surface area contributed by atoms with Gasteiger partial charge in [-0.05, 0) is 34.7 Å². The molecule has 0 aliphatic rings. The van der Waals surface area contributed by atoms with E-state index in [-0.39, 0.29) is 4.88 Å². The number of thiophene rings is 1. The number of phenolic OH excluding ortho intramolecular Hbond substituents is 1. The molecule has 3 nitrogen and oxygen atoms in total. The highest BCUT2D eigenvalue weighted by atomic mass is 32.1. The lowest BCUT2D eigenvalue weighted by atomic mass is 10.1. The second-order valence-electron chi connectivity index (χ2n) is 3.17. The molecule has 0 aliphatic carbocycles. The van der Waals surface area contributed by atoms with Crippen molar-refractivity contribution in [1.29, 1.82) is 0 Å². The molecule has 0 saturated carbocycles. The molecule has 5 heteroatoms. The molecule has 0 bridgehead atoms. The third-order valence-electron chi connectivity index (χ3n) is 2.09. The Kier molecular flexibility index (Phi) is 2.62. The lowest BCUT2D eigenvalue weighted by Gasteiger charge is -1.99. The molecule has 2 aromatic rings. The van der Waals surface area contributed by atoms with Gasteiger partial charge in [-0.15, -0.1) is 11.3 Å². The van der Waals surface area contributed by atoms with Crippen molar-refractivity contribution >= 4 is 17.3 Å². The predicted octanol–water partition coefficient (Wildman–Crippen LogP) is 2.96. The average molecular weight is 238 g/mol. The van der Waals surface area contributed by atoms with Crippen LogP contribution in [0.25, 0.3) is 11.1 Å². The van der Waals surface area contributed by atoms with E-state index < -0.39 is 17.5 Å². The monoisotopic (exact) mass is 238 g/mol. The van der Waals surface area contributed by atoms with Gasteiger partial charge < -0.3 is 10.2 Å². The zero-order chi connectivity index (χ0) is 11.7. The highest BCUT2D eigenvalue weighted by molar-refractivity contribution is 7.12. The van der Waals surface area contributed by atoms with Gasteiger partial charge in [-0.2, -0.15) is 0 Å². The maximum atomic E-state index is 13.1. The Morgan fingerprint density at radius 1 is 1.25 bits per heavy atom. The minimum atomic E-state index is -1.00. The molecule has 1 aromatic heterocycles. The van der Waals surface area contributed by atoms with Crippen LogP contribution in [-0.4, -0.2) is 16.2 Å². The van der Waals surface area contributed by atoms with Crippen LogP contribution in [0.1, 0.15) is 9.67 Å². The molecule has 0 amide bonds. The van der Waals surface area contributed by atoms with Gasteiger partial charge in [-0.25, -0.2) is 9.18 Å². The number of phenols is 1. The minimum Gasteiger partial charge on any atom is -0.505 e. The fourth-order valence-electron chi connectivity index (χ4n) is 1.29. The summed E-state index contributed by atoms with van der Waals surface area (Å²) in [4.78, 5) is 10.9. The van der Waals surface area contributed by atoms with Crippen LogP contribution in [0.3, 0.4) is 0 Å². The SMILES string of the molecule is O=C(O)c1cc(-c2ccc(O)c(F)c2)cs1. The zero-order valence-electron chi connectivity index (χ0n) is 7.98. The second-order valence-corrected chi connectivity index (χ2v) is 4.08. The van der Waals surface area contributed by atoms with E-state index in [0.29, 0.717) is 11.1 Å². The van der Waals surface area contributed by atoms with Crippen LogP contribution in [0.5, 0.6) is 5.75 Å². The average Bonchev–Trinajstić information content (AvgIpc) is 2.71. The van der Waals surface area contributed by atoms with Gasteiger partial charge >= 0.3 is 5.97 Å². The van der Waals surface area contributed by atoms with Crippen LogP contribution in [0, 0.1) is 5.82 Å². The Morgan fingerprint density at radius 2 is 2.00 bits per heavy atom. The standard InChI is InChI=1S/C11H7FO3S/c12-8-3-6(1-2-9(8)13)7-4-10(11(14)15)16-5-7/h1-5,13H,(H,14,15). The van der Waals surface area contributed by atoms with Crippen molar-refractivity contribution < 1.29 is 19.4 Å². The molecule has 0 unspecified atom stereocenters. The van der Waals surface area contributed by atoms with E-state index in [9.17, 15) is 9.18 Å². The maximum absolute atomic E-state index is 13.1. The van der Waals surface area contributed by atoms with E-state index in [1.54, 1.807) is 5.38 Å². The highest BCUT2D eigenvalue weighted by Gasteiger charge is 2.09. The number of rotatable bonds is 2. The van der Waals surface area contributed by atoms with Crippen molar-refractivity contribution in [2.24, 2.45) is 0 Å². The lowest BCUT2D eigenvalue weighted by molar-refractivity contribution is 0.0702. The van der Waals surface area contributed by atoms with Crippen LogP contribution in [0.15, 0.2) is 29.6 Å². The normalized spacial score (nSPS) is 10.3. The number of carboxylic acids is 1.